The zero-order valence-corrected chi connectivity index (χ0v) is 12.7. The van der Waals surface area contributed by atoms with E-state index in [1.54, 1.807) is 30.3 Å². The maximum Gasteiger partial charge on any atom is 0.416 e. The molecule has 2 rings (SSSR count). The van der Waals surface area contributed by atoms with Crippen LogP contribution in [0.1, 0.15) is 5.56 Å². The largest absolute Gasteiger partial charge is 0.416 e. The Kier molecular flexibility index (Phi) is 5.50. The van der Waals surface area contributed by atoms with Crippen molar-refractivity contribution in [3.63, 3.8) is 0 Å². The second-order valence-electron chi connectivity index (χ2n) is 4.64. The predicted octanol–water partition coefficient (Wildman–Crippen LogP) is 4.79. The number of halogens is 4. The number of carbonyl (C=O) groups is 1. The second-order valence-corrected chi connectivity index (χ2v) is 5.02. The number of benzene rings is 2. The van der Waals surface area contributed by atoms with E-state index in [1.807, 2.05) is 0 Å². The first-order chi connectivity index (χ1) is 10.9. The molecule has 7 heteroatoms. The first-order valence-corrected chi connectivity index (χ1v) is 7.33. The van der Waals surface area contributed by atoms with Crippen molar-refractivity contribution < 1.29 is 18.0 Å². The van der Waals surface area contributed by atoms with Crippen molar-refractivity contribution >= 4 is 29.0 Å². The van der Waals surface area contributed by atoms with Crippen LogP contribution in [-0.4, -0.2) is 18.5 Å². The molecule has 0 spiro atoms. The van der Waals surface area contributed by atoms with Crippen LogP contribution in [0, 0.1) is 0 Å². The minimum Gasteiger partial charge on any atom is -0.336 e. The van der Waals surface area contributed by atoms with Gasteiger partial charge in [-0.15, -0.1) is 11.6 Å². The van der Waals surface area contributed by atoms with Crippen LogP contribution in [0.3, 0.4) is 0 Å². The van der Waals surface area contributed by atoms with E-state index in [0.29, 0.717) is 5.69 Å². The molecule has 23 heavy (non-hydrogen) atoms. The zero-order valence-electron chi connectivity index (χ0n) is 12.0. The van der Waals surface area contributed by atoms with Gasteiger partial charge in [0.2, 0.25) is 0 Å². The Labute approximate surface area is 136 Å². The van der Waals surface area contributed by atoms with Crippen LogP contribution < -0.4 is 10.2 Å². The quantitative estimate of drug-likeness (QED) is 0.796. The van der Waals surface area contributed by atoms with Gasteiger partial charge >= 0.3 is 12.2 Å². The summed E-state index contributed by atoms with van der Waals surface area (Å²) in [7, 11) is 0. The van der Waals surface area contributed by atoms with Crippen molar-refractivity contribution in [1.82, 2.24) is 5.32 Å². The molecule has 0 unspecified atom stereocenters. The lowest BCUT2D eigenvalue weighted by atomic mass is 10.1. The molecular weight excluding hydrogens is 329 g/mol. The summed E-state index contributed by atoms with van der Waals surface area (Å²) in [4.78, 5) is 13.5. The minimum atomic E-state index is -4.48. The van der Waals surface area contributed by atoms with Gasteiger partial charge in [-0.05, 0) is 30.3 Å². The highest BCUT2D eigenvalue weighted by atomic mass is 35.5. The summed E-state index contributed by atoms with van der Waals surface area (Å²) >= 11 is 5.55. The van der Waals surface area contributed by atoms with E-state index in [-0.39, 0.29) is 18.1 Å². The Balaban J connectivity index is 2.44. The molecule has 0 saturated carbocycles. The molecule has 0 heterocycles. The van der Waals surface area contributed by atoms with Gasteiger partial charge < -0.3 is 5.32 Å². The lowest BCUT2D eigenvalue weighted by Gasteiger charge is -2.24. The average Bonchev–Trinajstić information content (AvgIpc) is 2.54. The number of hydrogen-bond acceptors (Lipinski definition) is 1. The normalized spacial score (nSPS) is 11.1. The van der Waals surface area contributed by atoms with Gasteiger partial charge in [0.25, 0.3) is 0 Å². The van der Waals surface area contributed by atoms with Crippen LogP contribution in [0.2, 0.25) is 0 Å². The second kappa shape index (κ2) is 7.37. The zero-order chi connectivity index (χ0) is 16.9. The van der Waals surface area contributed by atoms with Crippen LogP contribution >= 0.6 is 11.6 Å². The van der Waals surface area contributed by atoms with Gasteiger partial charge in [-0.25, -0.2) is 4.79 Å². The fourth-order valence-electron chi connectivity index (χ4n) is 2.02. The number of anilines is 2. The van der Waals surface area contributed by atoms with Crippen LogP contribution in [0.5, 0.6) is 0 Å². The van der Waals surface area contributed by atoms with Crippen molar-refractivity contribution in [2.45, 2.75) is 6.18 Å². The molecule has 0 radical (unpaired) electrons. The third-order valence-electron chi connectivity index (χ3n) is 3.02. The molecule has 0 fully saturated rings. The topological polar surface area (TPSA) is 32.3 Å². The fraction of sp³-hybridized carbons (Fsp3) is 0.188. The monoisotopic (exact) mass is 342 g/mol. The highest BCUT2D eigenvalue weighted by Gasteiger charge is 2.31. The molecule has 2 aromatic carbocycles. The molecule has 122 valence electrons. The smallest absolute Gasteiger partial charge is 0.336 e. The number of nitrogens with one attached hydrogen (secondary N) is 1. The van der Waals surface area contributed by atoms with Gasteiger partial charge in [0.05, 0.1) is 16.9 Å². The molecule has 2 aromatic rings. The molecule has 3 nitrogen and oxygen atoms in total. The van der Waals surface area contributed by atoms with Crippen molar-refractivity contribution in [2.75, 3.05) is 17.3 Å². The van der Waals surface area contributed by atoms with Crippen molar-refractivity contribution in [3.8, 4) is 0 Å². The van der Waals surface area contributed by atoms with Crippen molar-refractivity contribution in [2.24, 2.45) is 0 Å². The Morgan fingerprint density at radius 3 is 2.30 bits per heavy atom. The van der Waals surface area contributed by atoms with Crippen LogP contribution in [0.15, 0.2) is 54.6 Å². The summed E-state index contributed by atoms with van der Waals surface area (Å²) in [5.41, 5.74) is -0.238. The lowest BCUT2D eigenvalue weighted by molar-refractivity contribution is -0.137. The third kappa shape index (κ3) is 4.39. The molecule has 0 aromatic heterocycles. The summed E-state index contributed by atoms with van der Waals surface area (Å²) in [5.74, 6) is 0.205. The molecule has 0 aliphatic carbocycles. The number of hydrogen-bond donors (Lipinski definition) is 1. The molecule has 0 bridgehead atoms. The molecule has 2 amide bonds. The number of nitrogens with zero attached hydrogens (tertiary/aromatic N) is 1. The summed E-state index contributed by atoms with van der Waals surface area (Å²) in [6, 6.07) is 12.5. The number of carbonyl (C=O) groups excluding carboxylic acids is 1. The molecular formula is C16H14ClF3N2O. The Morgan fingerprint density at radius 1 is 1.04 bits per heavy atom. The van der Waals surface area contributed by atoms with Gasteiger partial charge in [-0.2, -0.15) is 13.2 Å². The third-order valence-corrected chi connectivity index (χ3v) is 3.21. The maximum atomic E-state index is 12.9. The summed E-state index contributed by atoms with van der Waals surface area (Å²) in [6.45, 7) is 0.211. The van der Waals surface area contributed by atoms with E-state index in [0.717, 1.165) is 12.1 Å². The van der Waals surface area contributed by atoms with E-state index in [9.17, 15) is 18.0 Å². The van der Waals surface area contributed by atoms with Crippen molar-refractivity contribution in [3.05, 3.63) is 60.2 Å². The SMILES string of the molecule is O=C(NCCCl)N(c1ccccc1)c1cccc(C(F)(F)F)c1. The van der Waals surface area contributed by atoms with Gasteiger partial charge in [-0.3, -0.25) is 4.90 Å². The molecule has 0 aliphatic heterocycles. The molecule has 0 atom stereocenters. The summed E-state index contributed by atoms with van der Waals surface area (Å²) in [6.07, 6.45) is -4.48. The van der Waals surface area contributed by atoms with Gasteiger partial charge in [0.1, 0.15) is 0 Å². The van der Waals surface area contributed by atoms with Crippen LogP contribution in [-0.2, 0) is 6.18 Å². The number of rotatable bonds is 4. The van der Waals surface area contributed by atoms with E-state index < -0.39 is 17.8 Å². The lowest BCUT2D eigenvalue weighted by Crippen LogP contribution is -2.37. The number of urea groups is 1. The molecule has 0 aliphatic rings. The summed E-state index contributed by atoms with van der Waals surface area (Å²) < 4.78 is 38.7. The average molecular weight is 343 g/mol. The Hall–Kier alpha value is -2.21. The van der Waals surface area contributed by atoms with Crippen molar-refractivity contribution in [1.29, 1.82) is 0 Å². The number of para-hydroxylation sites is 1. The van der Waals surface area contributed by atoms with E-state index in [2.05, 4.69) is 5.32 Å². The van der Waals surface area contributed by atoms with Gasteiger partial charge in [0.15, 0.2) is 0 Å². The van der Waals surface area contributed by atoms with Gasteiger partial charge in [-0.1, -0.05) is 24.3 Å². The highest BCUT2D eigenvalue weighted by Crippen LogP contribution is 2.33. The minimum absolute atomic E-state index is 0.123. The molecule has 0 saturated heterocycles. The Morgan fingerprint density at radius 2 is 1.70 bits per heavy atom. The van der Waals surface area contributed by atoms with Gasteiger partial charge in [0, 0.05) is 12.4 Å². The fourth-order valence-corrected chi connectivity index (χ4v) is 2.11. The van der Waals surface area contributed by atoms with Crippen LogP contribution in [0.25, 0.3) is 0 Å². The standard InChI is InChI=1S/C16H14ClF3N2O/c17-9-10-21-15(23)22(13-6-2-1-3-7-13)14-8-4-5-12(11-14)16(18,19)20/h1-8,11H,9-10H2,(H,21,23). The Bertz CT molecular complexity index is 662. The van der Waals surface area contributed by atoms with Crippen LogP contribution in [0.4, 0.5) is 29.3 Å². The first kappa shape index (κ1) is 17.1. The van der Waals surface area contributed by atoms with E-state index in [4.69, 9.17) is 11.6 Å². The highest BCUT2D eigenvalue weighted by molar-refractivity contribution is 6.18. The first-order valence-electron chi connectivity index (χ1n) is 6.79. The predicted molar refractivity (Wildman–Crippen MR) is 84.1 cm³/mol. The number of amides is 2. The maximum absolute atomic E-state index is 12.9. The molecule has 1 N–H and O–H groups in total. The van der Waals surface area contributed by atoms with E-state index >= 15 is 0 Å². The van der Waals surface area contributed by atoms with E-state index in [1.165, 1.54) is 17.0 Å². The number of alkyl halides is 4. The summed E-state index contributed by atoms with van der Waals surface area (Å²) in [5, 5.41) is 2.56.